The van der Waals surface area contributed by atoms with Gasteiger partial charge in [-0.1, -0.05) is 17.7 Å². The summed E-state index contributed by atoms with van der Waals surface area (Å²) < 4.78 is 38.1. The molecule has 0 saturated heterocycles. The van der Waals surface area contributed by atoms with Crippen LogP contribution in [0.2, 0.25) is 5.02 Å². The monoisotopic (exact) mass is 250 g/mol. The van der Waals surface area contributed by atoms with E-state index in [2.05, 4.69) is 0 Å². The van der Waals surface area contributed by atoms with Crippen LogP contribution in [0.3, 0.4) is 0 Å². The minimum atomic E-state index is -4.43. The molecular weight excluding hydrogens is 241 g/mol. The van der Waals surface area contributed by atoms with Crippen LogP contribution in [-0.2, 0) is 12.6 Å². The summed E-state index contributed by atoms with van der Waals surface area (Å²) in [6, 6.07) is 3.65. The van der Waals surface area contributed by atoms with Gasteiger partial charge in [-0.05, 0) is 30.5 Å². The average Bonchev–Trinajstić information content (AvgIpc) is 2.85. The van der Waals surface area contributed by atoms with Crippen LogP contribution in [0.15, 0.2) is 18.2 Å². The van der Waals surface area contributed by atoms with Crippen molar-refractivity contribution in [1.29, 1.82) is 0 Å². The molecule has 0 unspecified atom stereocenters. The fourth-order valence-electron chi connectivity index (χ4n) is 1.64. The SMILES string of the molecule is OC1(Cc2ccc(Cl)cc2C(F)(F)F)CC1. The Morgan fingerprint density at radius 1 is 1.31 bits per heavy atom. The molecule has 0 aromatic heterocycles. The van der Waals surface area contributed by atoms with Gasteiger partial charge in [-0.15, -0.1) is 0 Å². The Balaban J connectivity index is 2.36. The Morgan fingerprint density at radius 2 is 1.94 bits per heavy atom. The fraction of sp³-hybridized carbons (Fsp3) is 0.455. The van der Waals surface area contributed by atoms with Gasteiger partial charge in [-0.25, -0.2) is 0 Å². The second-order valence-electron chi connectivity index (χ2n) is 4.20. The summed E-state index contributed by atoms with van der Waals surface area (Å²) in [5.74, 6) is 0. The van der Waals surface area contributed by atoms with Crippen molar-refractivity contribution in [2.24, 2.45) is 0 Å². The second-order valence-corrected chi connectivity index (χ2v) is 4.64. The van der Waals surface area contributed by atoms with Crippen molar-refractivity contribution in [3.8, 4) is 0 Å². The molecule has 16 heavy (non-hydrogen) atoms. The molecule has 1 aliphatic rings. The van der Waals surface area contributed by atoms with E-state index in [4.69, 9.17) is 11.6 Å². The first-order valence-corrected chi connectivity index (χ1v) is 5.26. The summed E-state index contributed by atoms with van der Waals surface area (Å²) in [6.07, 6.45) is -3.26. The molecule has 0 amide bonds. The number of halogens is 4. The van der Waals surface area contributed by atoms with Gasteiger partial charge in [-0.2, -0.15) is 13.2 Å². The zero-order valence-electron chi connectivity index (χ0n) is 8.31. The van der Waals surface area contributed by atoms with Crippen LogP contribution in [0, 0.1) is 0 Å². The van der Waals surface area contributed by atoms with Gasteiger partial charge in [0.05, 0.1) is 11.2 Å². The zero-order valence-corrected chi connectivity index (χ0v) is 9.07. The van der Waals surface area contributed by atoms with E-state index in [1.807, 2.05) is 0 Å². The molecule has 1 saturated carbocycles. The Labute approximate surface area is 95.8 Å². The highest BCUT2D eigenvalue weighted by molar-refractivity contribution is 6.30. The predicted molar refractivity (Wildman–Crippen MR) is 54.3 cm³/mol. The van der Waals surface area contributed by atoms with Gasteiger partial charge in [0.1, 0.15) is 0 Å². The van der Waals surface area contributed by atoms with E-state index in [0.717, 1.165) is 6.07 Å². The lowest BCUT2D eigenvalue weighted by Crippen LogP contribution is -2.16. The van der Waals surface area contributed by atoms with E-state index >= 15 is 0 Å². The molecule has 88 valence electrons. The van der Waals surface area contributed by atoms with Gasteiger partial charge < -0.3 is 5.11 Å². The first kappa shape index (κ1) is 11.7. The minimum Gasteiger partial charge on any atom is -0.390 e. The zero-order chi connectivity index (χ0) is 12.0. The van der Waals surface area contributed by atoms with Gasteiger partial charge in [0.25, 0.3) is 0 Å². The molecule has 1 aliphatic carbocycles. The van der Waals surface area contributed by atoms with Crippen molar-refractivity contribution in [2.45, 2.75) is 31.0 Å². The number of benzene rings is 1. The highest BCUT2D eigenvalue weighted by Gasteiger charge is 2.43. The highest BCUT2D eigenvalue weighted by atomic mass is 35.5. The Morgan fingerprint density at radius 3 is 2.44 bits per heavy atom. The van der Waals surface area contributed by atoms with Crippen LogP contribution < -0.4 is 0 Å². The molecule has 0 heterocycles. The molecule has 0 bridgehead atoms. The van der Waals surface area contributed by atoms with Crippen molar-refractivity contribution >= 4 is 11.6 Å². The summed E-state index contributed by atoms with van der Waals surface area (Å²) in [7, 11) is 0. The molecule has 5 heteroatoms. The predicted octanol–water partition coefficient (Wildman–Crippen LogP) is 3.43. The van der Waals surface area contributed by atoms with Crippen molar-refractivity contribution < 1.29 is 18.3 Å². The lowest BCUT2D eigenvalue weighted by Gasteiger charge is -2.15. The van der Waals surface area contributed by atoms with Gasteiger partial charge in [0.2, 0.25) is 0 Å². The largest absolute Gasteiger partial charge is 0.416 e. The third kappa shape index (κ3) is 2.50. The average molecular weight is 251 g/mol. The molecule has 2 rings (SSSR count). The molecule has 0 atom stereocenters. The summed E-state index contributed by atoms with van der Waals surface area (Å²) in [4.78, 5) is 0. The standard InChI is InChI=1S/C11H10ClF3O/c12-8-2-1-7(6-10(16)3-4-10)9(5-8)11(13,14)15/h1-2,5,16H,3-4,6H2. The van der Waals surface area contributed by atoms with Crippen LogP contribution in [0.1, 0.15) is 24.0 Å². The third-order valence-electron chi connectivity index (χ3n) is 2.72. The van der Waals surface area contributed by atoms with Crippen LogP contribution in [-0.4, -0.2) is 10.7 Å². The molecule has 1 fully saturated rings. The van der Waals surface area contributed by atoms with Crippen LogP contribution >= 0.6 is 11.6 Å². The molecule has 1 aromatic carbocycles. The van der Waals surface area contributed by atoms with Crippen molar-refractivity contribution in [2.75, 3.05) is 0 Å². The van der Waals surface area contributed by atoms with E-state index < -0.39 is 17.3 Å². The summed E-state index contributed by atoms with van der Waals surface area (Å²) in [6.45, 7) is 0. The molecule has 1 nitrogen and oxygen atoms in total. The maximum absolute atomic E-state index is 12.7. The van der Waals surface area contributed by atoms with Crippen LogP contribution in [0.5, 0.6) is 0 Å². The Bertz CT molecular complexity index is 410. The second kappa shape index (κ2) is 3.64. The highest BCUT2D eigenvalue weighted by Crippen LogP contribution is 2.42. The summed E-state index contributed by atoms with van der Waals surface area (Å²) in [5, 5.41) is 9.70. The van der Waals surface area contributed by atoms with Gasteiger partial charge >= 0.3 is 6.18 Å². The topological polar surface area (TPSA) is 20.2 Å². The van der Waals surface area contributed by atoms with Crippen LogP contribution in [0.4, 0.5) is 13.2 Å². The maximum Gasteiger partial charge on any atom is 0.416 e. The molecule has 1 aromatic rings. The van der Waals surface area contributed by atoms with E-state index in [1.165, 1.54) is 12.1 Å². The van der Waals surface area contributed by atoms with Crippen molar-refractivity contribution in [1.82, 2.24) is 0 Å². The van der Waals surface area contributed by atoms with Crippen LogP contribution in [0.25, 0.3) is 0 Å². The number of aliphatic hydroxyl groups is 1. The van der Waals surface area contributed by atoms with Crippen molar-refractivity contribution in [3.63, 3.8) is 0 Å². The summed E-state index contributed by atoms with van der Waals surface area (Å²) in [5.41, 5.74) is -1.58. The number of rotatable bonds is 2. The number of alkyl halides is 3. The smallest absolute Gasteiger partial charge is 0.390 e. The molecular formula is C11H10ClF3O. The quantitative estimate of drug-likeness (QED) is 0.853. The number of hydrogen-bond acceptors (Lipinski definition) is 1. The van der Waals surface area contributed by atoms with E-state index in [-0.39, 0.29) is 17.0 Å². The molecule has 0 radical (unpaired) electrons. The first-order valence-electron chi connectivity index (χ1n) is 4.88. The maximum atomic E-state index is 12.7. The molecule has 1 N–H and O–H groups in total. The first-order chi connectivity index (χ1) is 7.30. The normalized spacial score (nSPS) is 18.6. The van der Waals surface area contributed by atoms with Gasteiger partial charge in [0.15, 0.2) is 0 Å². The third-order valence-corrected chi connectivity index (χ3v) is 2.96. The van der Waals surface area contributed by atoms with Gasteiger partial charge in [0, 0.05) is 11.4 Å². The molecule has 0 aliphatic heterocycles. The lowest BCUT2D eigenvalue weighted by atomic mass is 10.00. The fourth-order valence-corrected chi connectivity index (χ4v) is 1.81. The number of hydrogen-bond donors (Lipinski definition) is 1. The Hall–Kier alpha value is -0.740. The Kier molecular flexibility index (Phi) is 2.67. The summed E-state index contributed by atoms with van der Waals surface area (Å²) >= 11 is 5.55. The van der Waals surface area contributed by atoms with E-state index in [0.29, 0.717) is 12.8 Å². The minimum absolute atomic E-state index is 0.0407. The van der Waals surface area contributed by atoms with E-state index in [9.17, 15) is 18.3 Å². The lowest BCUT2D eigenvalue weighted by molar-refractivity contribution is -0.138. The van der Waals surface area contributed by atoms with E-state index in [1.54, 1.807) is 0 Å². The van der Waals surface area contributed by atoms with Crippen molar-refractivity contribution in [3.05, 3.63) is 34.3 Å². The van der Waals surface area contributed by atoms with Gasteiger partial charge in [-0.3, -0.25) is 0 Å². The molecule has 0 spiro atoms.